The van der Waals surface area contributed by atoms with Crippen LogP contribution in [0, 0.1) is 6.92 Å². The van der Waals surface area contributed by atoms with Crippen molar-refractivity contribution in [3.63, 3.8) is 0 Å². The number of carbonyl (C=O) groups excluding carboxylic acids is 1. The van der Waals surface area contributed by atoms with Crippen LogP contribution in [0.25, 0.3) is 0 Å². The number of carbonyl (C=O) groups is 1. The van der Waals surface area contributed by atoms with Gasteiger partial charge in [0, 0.05) is 30.7 Å². The van der Waals surface area contributed by atoms with E-state index in [0.29, 0.717) is 0 Å². The second kappa shape index (κ2) is 4.24. The number of thiophene rings is 1. The minimum Gasteiger partial charge on any atom is -0.334 e. The van der Waals surface area contributed by atoms with Gasteiger partial charge in [0.15, 0.2) is 0 Å². The van der Waals surface area contributed by atoms with Crippen molar-refractivity contribution in [1.29, 1.82) is 0 Å². The summed E-state index contributed by atoms with van der Waals surface area (Å²) in [5.41, 5.74) is 2.94. The number of aromatic nitrogens is 2. The predicted octanol–water partition coefficient (Wildman–Crippen LogP) is 1.99. The van der Waals surface area contributed by atoms with Gasteiger partial charge in [0.25, 0.3) is 5.91 Å². The molecular formula is C13H15N3OS. The molecule has 0 unspecified atom stereocenters. The van der Waals surface area contributed by atoms with Crippen molar-refractivity contribution in [1.82, 2.24) is 14.7 Å². The minimum absolute atomic E-state index is 0.0949. The fourth-order valence-electron chi connectivity index (χ4n) is 2.30. The number of hydrogen-bond donors (Lipinski definition) is 0. The Hall–Kier alpha value is -1.62. The molecule has 3 rings (SSSR count). The van der Waals surface area contributed by atoms with Crippen LogP contribution in [-0.4, -0.2) is 27.1 Å². The lowest BCUT2D eigenvalue weighted by atomic mass is 10.1. The van der Waals surface area contributed by atoms with Crippen molar-refractivity contribution in [2.45, 2.75) is 19.9 Å². The van der Waals surface area contributed by atoms with Gasteiger partial charge in [0.05, 0.1) is 11.8 Å². The molecule has 1 aliphatic heterocycles. The highest BCUT2D eigenvalue weighted by atomic mass is 32.1. The van der Waals surface area contributed by atoms with Crippen LogP contribution in [0.1, 0.15) is 26.5 Å². The van der Waals surface area contributed by atoms with Crippen LogP contribution >= 0.6 is 11.3 Å². The van der Waals surface area contributed by atoms with E-state index in [2.05, 4.69) is 16.5 Å². The molecule has 1 amide bonds. The SMILES string of the molecule is Cc1c(C(=O)N2CCc3sccc3C2)cnn1C. The van der Waals surface area contributed by atoms with Crippen LogP contribution < -0.4 is 0 Å². The fourth-order valence-corrected chi connectivity index (χ4v) is 3.19. The van der Waals surface area contributed by atoms with Gasteiger partial charge in [-0.05, 0) is 30.4 Å². The fraction of sp³-hybridized carbons (Fsp3) is 0.385. The largest absolute Gasteiger partial charge is 0.334 e. The minimum atomic E-state index is 0.0949. The Balaban J connectivity index is 1.85. The quantitative estimate of drug-likeness (QED) is 0.787. The molecule has 0 spiro atoms. The molecule has 3 heterocycles. The van der Waals surface area contributed by atoms with E-state index >= 15 is 0 Å². The molecule has 0 saturated carbocycles. The first kappa shape index (κ1) is 11.5. The summed E-state index contributed by atoms with van der Waals surface area (Å²) in [6.45, 7) is 3.47. The molecule has 94 valence electrons. The lowest BCUT2D eigenvalue weighted by Crippen LogP contribution is -2.35. The standard InChI is InChI=1S/C13H15N3OS/c1-9-11(7-14-15(9)2)13(17)16-5-3-12-10(8-16)4-6-18-12/h4,6-7H,3,5,8H2,1-2H3. The molecule has 18 heavy (non-hydrogen) atoms. The highest BCUT2D eigenvalue weighted by Crippen LogP contribution is 2.25. The first-order chi connectivity index (χ1) is 8.66. The van der Waals surface area contributed by atoms with Gasteiger partial charge in [-0.15, -0.1) is 11.3 Å². The maximum atomic E-state index is 12.4. The van der Waals surface area contributed by atoms with Crippen LogP contribution in [0.2, 0.25) is 0 Å². The third-order valence-electron chi connectivity index (χ3n) is 3.56. The van der Waals surface area contributed by atoms with Crippen LogP contribution in [-0.2, 0) is 20.0 Å². The van der Waals surface area contributed by atoms with Gasteiger partial charge in [0.2, 0.25) is 0 Å². The second-order valence-electron chi connectivity index (χ2n) is 4.61. The van der Waals surface area contributed by atoms with E-state index in [9.17, 15) is 4.79 Å². The van der Waals surface area contributed by atoms with Crippen LogP contribution in [0.4, 0.5) is 0 Å². The number of amides is 1. The predicted molar refractivity (Wildman–Crippen MR) is 70.7 cm³/mol. The van der Waals surface area contributed by atoms with Gasteiger partial charge in [-0.25, -0.2) is 0 Å². The van der Waals surface area contributed by atoms with Crippen LogP contribution in [0.15, 0.2) is 17.6 Å². The zero-order chi connectivity index (χ0) is 12.7. The number of fused-ring (bicyclic) bond motifs is 1. The summed E-state index contributed by atoms with van der Waals surface area (Å²) in [6.07, 6.45) is 2.64. The molecule has 0 atom stereocenters. The average molecular weight is 261 g/mol. The molecule has 0 N–H and O–H groups in total. The Morgan fingerprint density at radius 1 is 1.50 bits per heavy atom. The Labute approximate surface area is 110 Å². The molecule has 2 aromatic rings. The Morgan fingerprint density at radius 3 is 3.06 bits per heavy atom. The topological polar surface area (TPSA) is 38.1 Å². The van der Waals surface area contributed by atoms with E-state index in [0.717, 1.165) is 30.8 Å². The van der Waals surface area contributed by atoms with Crippen molar-refractivity contribution < 1.29 is 4.79 Å². The first-order valence-corrected chi connectivity index (χ1v) is 6.88. The van der Waals surface area contributed by atoms with E-state index in [-0.39, 0.29) is 5.91 Å². The second-order valence-corrected chi connectivity index (χ2v) is 5.61. The van der Waals surface area contributed by atoms with Crippen molar-refractivity contribution in [3.8, 4) is 0 Å². The van der Waals surface area contributed by atoms with Crippen molar-refractivity contribution in [3.05, 3.63) is 39.3 Å². The summed E-state index contributed by atoms with van der Waals surface area (Å²) in [6, 6.07) is 2.12. The highest BCUT2D eigenvalue weighted by Gasteiger charge is 2.24. The van der Waals surface area contributed by atoms with Crippen LogP contribution in [0.3, 0.4) is 0 Å². The molecule has 0 radical (unpaired) electrons. The molecule has 1 aliphatic rings. The molecule has 5 heteroatoms. The Kier molecular flexibility index (Phi) is 2.70. The zero-order valence-electron chi connectivity index (χ0n) is 10.5. The number of hydrogen-bond acceptors (Lipinski definition) is 3. The van der Waals surface area contributed by atoms with E-state index in [1.807, 2.05) is 18.9 Å². The van der Waals surface area contributed by atoms with Gasteiger partial charge < -0.3 is 4.90 Å². The van der Waals surface area contributed by atoms with Gasteiger partial charge in [0.1, 0.15) is 0 Å². The first-order valence-electron chi connectivity index (χ1n) is 6.00. The average Bonchev–Trinajstić information content (AvgIpc) is 2.96. The summed E-state index contributed by atoms with van der Waals surface area (Å²) < 4.78 is 1.74. The monoisotopic (exact) mass is 261 g/mol. The number of aryl methyl sites for hydroxylation is 1. The molecule has 2 aromatic heterocycles. The normalized spacial score (nSPS) is 14.7. The van der Waals surface area contributed by atoms with E-state index in [4.69, 9.17) is 0 Å². The van der Waals surface area contributed by atoms with Gasteiger partial charge in [-0.3, -0.25) is 9.48 Å². The molecule has 0 bridgehead atoms. The summed E-state index contributed by atoms with van der Waals surface area (Å²) in [5.74, 6) is 0.0949. The molecular weight excluding hydrogens is 246 g/mol. The summed E-state index contributed by atoms with van der Waals surface area (Å²) in [4.78, 5) is 15.8. The summed E-state index contributed by atoms with van der Waals surface area (Å²) >= 11 is 1.79. The third kappa shape index (κ3) is 1.75. The summed E-state index contributed by atoms with van der Waals surface area (Å²) in [7, 11) is 1.86. The van der Waals surface area contributed by atoms with Crippen molar-refractivity contribution in [2.75, 3.05) is 6.54 Å². The van der Waals surface area contributed by atoms with E-state index < -0.39 is 0 Å². The number of rotatable bonds is 1. The van der Waals surface area contributed by atoms with Crippen molar-refractivity contribution >= 4 is 17.2 Å². The maximum Gasteiger partial charge on any atom is 0.257 e. The lowest BCUT2D eigenvalue weighted by molar-refractivity contribution is 0.0735. The Bertz CT molecular complexity index is 599. The molecule has 0 aliphatic carbocycles. The molecule has 0 saturated heterocycles. The Morgan fingerprint density at radius 2 is 2.33 bits per heavy atom. The molecule has 0 fully saturated rings. The zero-order valence-corrected chi connectivity index (χ0v) is 11.3. The smallest absolute Gasteiger partial charge is 0.257 e. The summed E-state index contributed by atoms with van der Waals surface area (Å²) in [5, 5.41) is 6.24. The highest BCUT2D eigenvalue weighted by molar-refractivity contribution is 7.10. The number of nitrogens with zero attached hydrogens (tertiary/aromatic N) is 3. The maximum absolute atomic E-state index is 12.4. The van der Waals surface area contributed by atoms with Crippen molar-refractivity contribution in [2.24, 2.45) is 7.05 Å². The third-order valence-corrected chi connectivity index (χ3v) is 4.58. The van der Waals surface area contributed by atoms with Gasteiger partial charge in [-0.1, -0.05) is 0 Å². The van der Waals surface area contributed by atoms with Gasteiger partial charge >= 0.3 is 0 Å². The van der Waals surface area contributed by atoms with Gasteiger partial charge in [-0.2, -0.15) is 5.10 Å². The lowest BCUT2D eigenvalue weighted by Gasteiger charge is -2.26. The molecule has 4 nitrogen and oxygen atoms in total. The van der Waals surface area contributed by atoms with Crippen LogP contribution in [0.5, 0.6) is 0 Å². The van der Waals surface area contributed by atoms with E-state index in [1.165, 1.54) is 10.4 Å². The van der Waals surface area contributed by atoms with E-state index in [1.54, 1.807) is 22.2 Å². The molecule has 0 aromatic carbocycles.